The highest BCUT2D eigenvalue weighted by atomic mass is 32.2. The van der Waals surface area contributed by atoms with Gasteiger partial charge in [-0.05, 0) is 48.9 Å². The van der Waals surface area contributed by atoms with E-state index in [1.54, 1.807) is 36.4 Å². The molecule has 1 saturated heterocycles. The normalized spacial score (nSPS) is 14.8. The van der Waals surface area contributed by atoms with Crippen LogP contribution in [0, 0.1) is 10.1 Å². The van der Waals surface area contributed by atoms with Crippen molar-refractivity contribution in [1.29, 1.82) is 0 Å². The molecule has 168 valence electrons. The molecule has 0 spiro atoms. The molecule has 1 aliphatic heterocycles. The maximum atomic E-state index is 12.8. The van der Waals surface area contributed by atoms with Crippen LogP contribution < -0.4 is 9.47 Å². The van der Waals surface area contributed by atoms with Gasteiger partial charge < -0.3 is 9.47 Å². The Bertz CT molecular complexity index is 1050. The lowest BCUT2D eigenvalue weighted by Crippen LogP contribution is -2.27. The number of ether oxygens (including phenoxy) is 2. The molecule has 0 saturated carbocycles. The number of hydrogen-bond acceptors (Lipinski definition) is 7. The van der Waals surface area contributed by atoms with Gasteiger partial charge in [-0.3, -0.25) is 24.6 Å². The van der Waals surface area contributed by atoms with Crippen LogP contribution >= 0.6 is 11.8 Å². The van der Waals surface area contributed by atoms with Crippen LogP contribution in [0.25, 0.3) is 6.08 Å². The second kappa shape index (κ2) is 10.8. The number of para-hydroxylation sites is 1. The van der Waals surface area contributed by atoms with E-state index >= 15 is 0 Å². The van der Waals surface area contributed by atoms with Crippen molar-refractivity contribution in [3.05, 3.63) is 68.6 Å². The Balaban J connectivity index is 1.81. The molecule has 1 fully saturated rings. The predicted octanol–water partition coefficient (Wildman–Crippen LogP) is 5.41. The van der Waals surface area contributed by atoms with Crippen molar-refractivity contribution < 1.29 is 24.0 Å². The van der Waals surface area contributed by atoms with Gasteiger partial charge in [0.25, 0.3) is 16.8 Å². The van der Waals surface area contributed by atoms with Crippen LogP contribution in [0.4, 0.5) is 10.5 Å². The number of rotatable bonds is 10. The minimum absolute atomic E-state index is 0.129. The molecule has 0 aliphatic carbocycles. The lowest BCUT2D eigenvalue weighted by Gasteiger charge is -2.13. The Morgan fingerprint density at radius 1 is 1.09 bits per heavy atom. The van der Waals surface area contributed by atoms with E-state index in [9.17, 15) is 19.7 Å². The van der Waals surface area contributed by atoms with E-state index in [1.165, 1.54) is 12.1 Å². The van der Waals surface area contributed by atoms with Crippen molar-refractivity contribution in [2.75, 3.05) is 13.2 Å². The summed E-state index contributed by atoms with van der Waals surface area (Å²) in [5.74, 6) is 0.706. The monoisotopic (exact) mass is 456 g/mol. The fraction of sp³-hybridized carbons (Fsp3) is 0.304. The Kier molecular flexibility index (Phi) is 7.88. The highest BCUT2D eigenvalue weighted by molar-refractivity contribution is 8.18. The molecule has 9 heteroatoms. The lowest BCUT2D eigenvalue weighted by molar-refractivity contribution is -0.385. The molecular weight excluding hydrogens is 432 g/mol. The number of imide groups is 1. The van der Waals surface area contributed by atoms with Crippen LogP contribution in [-0.2, 0) is 11.3 Å². The number of carbonyl (C=O) groups excluding carboxylic acids is 2. The van der Waals surface area contributed by atoms with E-state index < -0.39 is 16.1 Å². The first-order chi connectivity index (χ1) is 15.4. The number of benzene rings is 2. The second-order valence-electron chi connectivity index (χ2n) is 6.99. The topological polar surface area (TPSA) is 99.0 Å². The summed E-state index contributed by atoms with van der Waals surface area (Å²) in [5, 5.41) is 10.8. The third kappa shape index (κ3) is 5.47. The predicted molar refractivity (Wildman–Crippen MR) is 123 cm³/mol. The van der Waals surface area contributed by atoms with Gasteiger partial charge in [0, 0.05) is 11.6 Å². The second-order valence-corrected chi connectivity index (χ2v) is 7.99. The molecule has 0 atom stereocenters. The number of nitrogens with zero attached hydrogens (tertiary/aromatic N) is 2. The van der Waals surface area contributed by atoms with Gasteiger partial charge in [0.05, 0.1) is 29.6 Å². The summed E-state index contributed by atoms with van der Waals surface area (Å²) < 4.78 is 11.4. The standard InChI is InChI=1S/C23H24N2O6S/c1-3-5-12-31-19-11-10-16(13-20(19)30-4-2)14-21-22(26)24(23(27)32-21)15-17-8-6-7-9-18(17)25(28)29/h6-11,13-14H,3-5,12,15H2,1-2H3/b21-14-. The highest BCUT2D eigenvalue weighted by Gasteiger charge is 2.36. The van der Waals surface area contributed by atoms with Crippen molar-refractivity contribution in [3.8, 4) is 11.5 Å². The molecule has 2 aromatic carbocycles. The van der Waals surface area contributed by atoms with Gasteiger partial charge >= 0.3 is 0 Å². The first kappa shape index (κ1) is 23.3. The van der Waals surface area contributed by atoms with Gasteiger partial charge in [-0.15, -0.1) is 0 Å². The SMILES string of the molecule is CCCCOc1ccc(/C=C2\SC(=O)N(Cc3ccccc3[N+](=O)[O-])C2=O)cc1OCC. The summed E-state index contributed by atoms with van der Waals surface area (Å²) >= 11 is 0.807. The number of amides is 2. The molecule has 0 N–H and O–H groups in total. The van der Waals surface area contributed by atoms with Gasteiger partial charge in [0.1, 0.15) is 0 Å². The summed E-state index contributed by atoms with van der Waals surface area (Å²) in [5.41, 5.74) is 0.858. The summed E-state index contributed by atoms with van der Waals surface area (Å²) in [6.07, 6.45) is 3.56. The smallest absolute Gasteiger partial charge is 0.293 e. The minimum Gasteiger partial charge on any atom is -0.490 e. The number of nitro benzene ring substituents is 1. The van der Waals surface area contributed by atoms with Gasteiger partial charge in [-0.1, -0.05) is 37.6 Å². The van der Waals surface area contributed by atoms with Gasteiger partial charge in [0.15, 0.2) is 11.5 Å². The Hall–Kier alpha value is -3.33. The highest BCUT2D eigenvalue weighted by Crippen LogP contribution is 2.36. The zero-order valence-electron chi connectivity index (χ0n) is 17.9. The molecular formula is C23H24N2O6S. The third-order valence-corrected chi connectivity index (χ3v) is 5.62. The number of unbranched alkanes of at least 4 members (excludes halogenated alkanes) is 1. The van der Waals surface area contributed by atoms with E-state index in [-0.39, 0.29) is 17.1 Å². The van der Waals surface area contributed by atoms with Crippen LogP contribution in [0.15, 0.2) is 47.4 Å². The van der Waals surface area contributed by atoms with E-state index in [4.69, 9.17) is 9.47 Å². The van der Waals surface area contributed by atoms with Crippen molar-refractivity contribution in [3.63, 3.8) is 0 Å². The van der Waals surface area contributed by atoms with E-state index in [2.05, 4.69) is 6.92 Å². The number of carbonyl (C=O) groups is 2. The quantitative estimate of drug-likeness (QED) is 0.204. The molecule has 1 heterocycles. The van der Waals surface area contributed by atoms with Gasteiger partial charge in [-0.25, -0.2) is 0 Å². The molecule has 3 rings (SSSR count). The summed E-state index contributed by atoms with van der Waals surface area (Å²) in [6, 6.07) is 11.4. The van der Waals surface area contributed by atoms with Crippen LogP contribution in [0.2, 0.25) is 0 Å². The molecule has 2 amide bonds. The third-order valence-electron chi connectivity index (χ3n) is 4.71. The Morgan fingerprint density at radius 2 is 1.88 bits per heavy atom. The van der Waals surface area contributed by atoms with E-state index in [0.717, 1.165) is 29.5 Å². The summed E-state index contributed by atoms with van der Waals surface area (Å²) in [4.78, 5) is 37.3. The van der Waals surface area contributed by atoms with Crippen LogP contribution in [0.3, 0.4) is 0 Å². The fourth-order valence-electron chi connectivity index (χ4n) is 3.11. The molecule has 0 aromatic heterocycles. The number of thioether (sulfide) groups is 1. The zero-order valence-corrected chi connectivity index (χ0v) is 18.7. The van der Waals surface area contributed by atoms with Crippen molar-refractivity contribution >= 4 is 34.7 Å². The van der Waals surface area contributed by atoms with Crippen LogP contribution in [0.1, 0.15) is 37.8 Å². The van der Waals surface area contributed by atoms with E-state index in [1.807, 2.05) is 6.92 Å². The molecule has 0 bridgehead atoms. The zero-order chi connectivity index (χ0) is 23.1. The number of nitro groups is 1. The number of hydrogen-bond donors (Lipinski definition) is 0. The van der Waals surface area contributed by atoms with Crippen molar-refractivity contribution in [1.82, 2.24) is 4.90 Å². The van der Waals surface area contributed by atoms with Crippen molar-refractivity contribution in [2.45, 2.75) is 33.2 Å². The summed E-state index contributed by atoms with van der Waals surface area (Å²) in [7, 11) is 0. The average Bonchev–Trinajstić information content (AvgIpc) is 3.03. The average molecular weight is 457 g/mol. The summed E-state index contributed by atoms with van der Waals surface area (Å²) in [6.45, 7) is 4.84. The lowest BCUT2D eigenvalue weighted by atomic mass is 10.1. The first-order valence-electron chi connectivity index (χ1n) is 10.3. The van der Waals surface area contributed by atoms with Crippen LogP contribution in [-0.4, -0.2) is 34.2 Å². The maximum absolute atomic E-state index is 12.8. The molecule has 32 heavy (non-hydrogen) atoms. The van der Waals surface area contributed by atoms with E-state index in [0.29, 0.717) is 35.8 Å². The fourth-order valence-corrected chi connectivity index (χ4v) is 3.95. The Morgan fingerprint density at radius 3 is 2.59 bits per heavy atom. The van der Waals surface area contributed by atoms with Crippen LogP contribution in [0.5, 0.6) is 11.5 Å². The van der Waals surface area contributed by atoms with Gasteiger partial charge in [-0.2, -0.15) is 0 Å². The molecule has 0 unspecified atom stereocenters. The Labute approximate surface area is 190 Å². The minimum atomic E-state index is -0.524. The molecule has 0 radical (unpaired) electrons. The first-order valence-corrected chi connectivity index (χ1v) is 11.1. The molecule has 8 nitrogen and oxygen atoms in total. The molecule has 2 aromatic rings. The van der Waals surface area contributed by atoms with Gasteiger partial charge in [0.2, 0.25) is 0 Å². The van der Waals surface area contributed by atoms with Crippen molar-refractivity contribution in [2.24, 2.45) is 0 Å². The maximum Gasteiger partial charge on any atom is 0.293 e. The largest absolute Gasteiger partial charge is 0.490 e. The molecule has 1 aliphatic rings.